The van der Waals surface area contributed by atoms with Gasteiger partial charge in [-0.25, -0.2) is 0 Å². The smallest absolute Gasteiger partial charge is 0.232 e. The number of rotatable bonds is 6. The van der Waals surface area contributed by atoms with Crippen LogP contribution in [0.4, 0.5) is 0 Å². The Morgan fingerprint density at radius 1 is 1.56 bits per heavy atom. The zero-order chi connectivity index (χ0) is 12.1. The molecule has 0 saturated carbocycles. The molecule has 1 saturated heterocycles. The molecule has 0 aromatic carbocycles. The van der Waals surface area contributed by atoms with Gasteiger partial charge >= 0.3 is 0 Å². The van der Waals surface area contributed by atoms with Gasteiger partial charge in [-0.15, -0.1) is 0 Å². The van der Waals surface area contributed by atoms with Gasteiger partial charge in [0.05, 0.1) is 6.10 Å². The van der Waals surface area contributed by atoms with E-state index in [0.29, 0.717) is 32.5 Å². The van der Waals surface area contributed by atoms with Gasteiger partial charge in [0, 0.05) is 32.0 Å². The third-order valence-electron chi connectivity index (χ3n) is 2.81. The molecule has 5 nitrogen and oxygen atoms in total. The number of imide groups is 1. The van der Waals surface area contributed by atoms with E-state index in [0.717, 1.165) is 0 Å². The molecule has 2 N–H and O–H groups in total. The van der Waals surface area contributed by atoms with Crippen LogP contribution < -0.4 is 5.73 Å². The van der Waals surface area contributed by atoms with Crippen LogP contribution in [0.15, 0.2) is 0 Å². The molecule has 1 aliphatic heterocycles. The lowest BCUT2D eigenvalue weighted by Gasteiger charge is -2.19. The Kier molecular flexibility index (Phi) is 4.89. The molecule has 92 valence electrons. The SMILES string of the molecule is CCOC(CN)CCN1C(=O)CC(C)C1=O. The maximum atomic E-state index is 11.6. The molecule has 0 aromatic rings. The largest absolute Gasteiger partial charge is 0.377 e. The number of carbonyl (C=O) groups is 2. The third-order valence-corrected chi connectivity index (χ3v) is 2.81. The predicted molar refractivity (Wildman–Crippen MR) is 59.6 cm³/mol. The van der Waals surface area contributed by atoms with Crippen molar-refractivity contribution < 1.29 is 14.3 Å². The highest BCUT2D eigenvalue weighted by molar-refractivity contribution is 6.03. The van der Waals surface area contributed by atoms with Crippen LogP contribution in [0.1, 0.15) is 26.7 Å². The van der Waals surface area contributed by atoms with Crippen LogP contribution in [0.25, 0.3) is 0 Å². The molecule has 1 rings (SSSR count). The summed E-state index contributed by atoms with van der Waals surface area (Å²) >= 11 is 0. The Labute approximate surface area is 95.9 Å². The zero-order valence-electron chi connectivity index (χ0n) is 9.94. The third kappa shape index (κ3) is 3.02. The van der Waals surface area contributed by atoms with Crippen LogP contribution in [0.5, 0.6) is 0 Å². The molecular weight excluding hydrogens is 208 g/mol. The second kappa shape index (κ2) is 5.96. The van der Waals surface area contributed by atoms with E-state index in [1.165, 1.54) is 4.90 Å². The number of carbonyl (C=O) groups excluding carboxylic acids is 2. The summed E-state index contributed by atoms with van der Waals surface area (Å²) in [6.45, 7) is 5.11. The van der Waals surface area contributed by atoms with Gasteiger partial charge in [0.2, 0.25) is 11.8 Å². The predicted octanol–water partition coefficient (Wildman–Crippen LogP) is 0.135. The topological polar surface area (TPSA) is 72.6 Å². The van der Waals surface area contributed by atoms with Gasteiger partial charge in [-0.05, 0) is 13.3 Å². The number of nitrogens with zero attached hydrogens (tertiary/aromatic N) is 1. The van der Waals surface area contributed by atoms with Gasteiger partial charge in [0.25, 0.3) is 0 Å². The molecule has 2 unspecified atom stereocenters. The second-order valence-electron chi connectivity index (χ2n) is 4.09. The average molecular weight is 228 g/mol. The first-order chi connectivity index (χ1) is 7.60. The number of hydrogen-bond acceptors (Lipinski definition) is 4. The van der Waals surface area contributed by atoms with E-state index in [1.807, 2.05) is 6.92 Å². The summed E-state index contributed by atoms with van der Waals surface area (Å²) in [5.41, 5.74) is 5.53. The van der Waals surface area contributed by atoms with Crippen molar-refractivity contribution in [2.45, 2.75) is 32.8 Å². The Morgan fingerprint density at radius 3 is 2.69 bits per heavy atom. The van der Waals surface area contributed by atoms with E-state index >= 15 is 0 Å². The molecule has 0 radical (unpaired) electrons. The van der Waals surface area contributed by atoms with Gasteiger partial charge in [-0.2, -0.15) is 0 Å². The first kappa shape index (κ1) is 13.1. The first-order valence-electron chi connectivity index (χ1n) is 5.76. The molecule has 5 heteroatoms. The zero-order valence-corrected chi connectivity index (χ0v) is 9.94. The summed E-state index contributed by atoms with van der Waals surface area (Å²) in [6.07, 6.45) is 0.886. The van der Waals surface area contributed by atoms with E-state index in [9.17, 15) is 9.59 Å². The number of ether oxygens (including phenoxy) is 1. The lowest BCUT2D eigenvalue weighted by molar-refractivity contribution is -0.139. The normalized spacial score (nSPS) is 22.9. The van der Waals surface area contributed by atoms with Crippen molar-refractivity contribution >= 4 is 11.8 Å². The summed E-state index contributed by atoms with van der Waals surface area (Å²) in [5.74, 6) is -0.321. The Morgan fingerprint density at radius 2 is 2.25 bits per heavy atom. The van der Waals surface area contributed by atoms with Gasteiger partial charge < -0.3 is 10.5 Å². The minimum atomic E-state index is -0.170. The quantitative estimate of drug-likeness (QED) is 0.656. The lowest BCUT2D eigenvalue weighted by atomic mass is 10.1. The van der Waals surface area contributed by atoms with E-state index in [2.05, 4.69) is 0 Å². The molecule has 16 heavy (non-hydrogen) atoms. The minimum Gasteiger partial charge on any atom is -0.377 e. The van der Waals surface area contributed by atoms with Crippen molar-refractivity contribution in [1.82, 2.24) is 4.90 Å². The van der Waals surface area contributed by atoms with Crippen LogP contribution in [-0.2, 0) is 14.3 Å². The molecule has 0 spiro atoms. The maximum Gasteiger partial charge on any atom is 0.232 e. The Hall–Kier alpha value is -0.940. The molecule has 0 bridgehead atoms. The molecule has 2 atom stereocenters. The number of hydrogen-bond donors (Lipinski definition) is 1. The first-order valence-corrected chi connectivity index (χ1v) is 5.76. The van der Waals surface area contributed by atoms with Crippen molar-refractivity contribution in [1.29, 1.82) is 0 Å². The van der Waals surface area contributed by atoms with Crippen LogP contribution >= 0.6 is 0 Å². The minimum absolute atomic E-state index is 0.0680. The molecular formula is C11H20N2O3. The number of nitrogens with two attached hydrogens (primary N) is 1. The van der Waals surface area contributed by atoms with Crippen molar-refractivity contribution in [2.75, 3.05) is 19.7 Å². The highest BCUT2D eigenvalue weighted by Gasteiger charge is 2.35. The highest BCUT2D eigenvalue weighted by Crippen LogP contribution is 2.19. The monoisotopic (exact) mass is 228 g/mol. The maximum absolute atomic E-state index is 11.6. The fourth-order valence-corrected chi connectivity index (χ4v) is 1.86. The van der Waals surface area contributed by atoms with E-state index in [1.54, 1.807) is 6.92 Å². The van der Waals surface area contributed by atoms with Gasteiger partial charge in [-0.3, -0.25) is 14.5 Å². The molecule has 1 heterocycles. The summed E-state index contributed by atoms with van der Waals surface area (Å²) in [6, 6.07) is 0. The van der Waals surface area contributed by atoms with Crippen LogP contribution in [-0.4, -0.2) is 42.5 Å². The standard InChI is InChI=1S/C11H20N2O3/c1-3-16-9(7-12)4-5-13-10(14)6-8(2)11(13)15/h8-9H,3-7,12H2,1-2H3. The van der Waals surface area contributed by atoms with Gasteiger partial charge in [0.15, 0.2) is 0 Å². The van der Waals surface area contributed by atoms with Crippen LogP contribution in [0.2, 0.25) is 0 Å². The fraction of sp³-hybridized carbons (Fsp3) is 0.818. The van der Waals surface area contributed by atoms with Crippen molar-refractivity contribution in [2.24, 2.45) is 11.7 Å². The number of likely N-dealkylation sites (tertiary alicyclic amines) is 1. The molecule has 2 amide bonds. The molecule has 1 fully saturated rings. The van der Waals surface area contributed by atoms with Gasteiger partial charge in [-0.1, -0.05) is 6.92 Å². The Balaban J connectivity index is 2.42. The second-order valence-corrected chi connectivity index (χ2v) is 4.09. The van der Waals surface area contributed by atoms with E-state index in [4.69, 9.17) is 10.5 Å². The lowest BCUT2D eigenvalue weighted by Crippen LogP contribution is -2.35. The fourth-order valence-electron chi connectivity index (χ4n) is 1.86. The van der Waals surface area contributed by atoms with Crippen molar-refractivity contribution in [3.05, 3.63) is 0 Å². The molecule has 0 aromatic heterocycles. The molecule has 0 aliphatic carbocycles. The Bertz CT molecular complexity index is 268. The summed E-state index contributed by atoms with van der Waals surface area (Å²) in [4.78, 5) is 24.4. The van der Waals surface area contributed by atoms with E-state index < -0.39 is 0 Å². The van der Waals surface area contributed by atoms with Crippen molar-refractivity contribution in [3.8, 4) is 0 Å². The van der Waals surface area contributed by atoms with E-state index in [-0.39, 0.29) is 23.8 Å². The molecule has 1 aliphatic rings. The van der Waals surface area contributed by atoms with Crippen LogP contribution in [0.3, 0.4) is 0 Å². The summed E-state index contributed by atoms with van der Waals surface area (Å²) in [5, 5.41) is 0. The number of amides is 2. The summed E-state index contributed by atoms with van der Waals surface area (Å²) < 4.78 is 5.37. The van der Waals surface area contributed by atoms with Gasteiger partial charge in [0.1, 0.15) is 0 Å². The average Bonchev–Trinajstić information content (AvgIpc) is 2.49. The van der Waals surface area contributed by atoms with Crippen LogP contribution in [0, 0.1) is 5.92 Å². The summed E-state index contributed by atoms with van der Waals surface area (Å²) in [7, 11) is 0. The highest BCUT2D eigenvalue weighted by atomic mass is 16.5. The van der Waals surface area contributed by atoms with Crippen molar-refractivity contribution in [3.63, 3.8) is 0 Å².